The third-order valence-corrected chi connectivity index (χ3v) is 3.49. The molecule has 3 nitrogen and oxygen atoms in total. The second-order valence-corrected chi connectivity index (χ2v) is 4.97. The molecule has 2 amide bonds. The number of nitrogens with one attached hydrogen (secondary N) is 1. The van der Waals surface area contributed by atoms with Gasteiger partial charge in [0.2, 0.25) is 0 Å². The highest BCUT2D eigenvalue weighted by molar-refractivity contribution is 5.74. The zero-order valence-corrected chi connectivity index (χ0v) is 10.8. The molecule has 0 saturated heterocycles. The molecule has 1 fully saturated rings. The first-order valence-corrected chi connectivity index (χ1v) is 6.34. The highest BCUT2D eigenvalue weighted by Gasteiger charge is 2.23. The summed E-state index contributed by atoms with van der Waals surface area (Å²) in [4.78, 5) is 13.5. The maximum Gasteiger partial charge on any atom is 0.317 e. The van der Waals surface area contributed by atoms with Crippen LogP contribution < -0.4 is 5.32 Å². The lowest BCUT2D eigenvalue weighted by molar-refractivity contribution is 0.194. The third-order valence-electron chi connectivity index (χ3n) is 3.49. The number of amides is 2. The predicted molar refractivity (Wildman–Crippen MR) is 68.7 cm³/mol. The highest BCUT2D eigenvalue weighted by Crippen LogP contribution is 2.27. The minimum absolute atomic E-state index is 0.0650. The van der Waals surface area contributed by atoms with Gasteiger partial charge in [-0.2, -0.15) is 0 Å². The lowest BCUT2D eigenvalue weighted by Crippen LogP contribution is -2.39. The van der Waals surface area contributed by atoms with E-state index in [1.54, 1.807) is 24.1 Å². The number of hydrogen-bond acceptors (Lipinski definition) is 1. The Balaban J connectivity index is 1.91. The Labute approximate surface area is 107 Å². The van der Waals surface area contributed by atoms with Crippen molar-refractivity contribution in [2.75, 3.05) is 13.6 Å². The van der Waals surface area contributed by atoms with Crippen molar-refractivity contribution in [3.8, 4) is 0 Å². The van der Waals surface area contributed by atoms with Gasteiger partial charge in [-0.25, -0.2) is 9.18 Å². The molecule has 98 valence electrons. The first kappa shape index (κ1) is 12.9. The van der Waals surface area contributed by atoms with Crippen LogP contribution in [0.25, 0.3) is 0 Å². The first-order valence-electron chi connectivity index (χ1n) is 6.34. The van der Waals surface area contributed by atoms with Gasteiger partial charge >= 0.3 is 6.03 Å². The number of halogens is 1. The van der Waals surface area contributed by atoms with Crippen molar-refractivity contribution in [3.63, 3.8) is 0 Å². The molecule has 1 saturated carbocycles. The summed E-state index contributed by atoms with van der Waals surface area (Å²) in [6.45, 7) is 2.70. The number of hydrogen-bond donors (Lipinski definition) is 1. The van der Waals surface area contributed by atoms with Crippen LogP contribution in [0.2, 0.25) is 0 Å². The van der Waals surface area contributed by atoms with Gasteiger partial charge in [-0.1, -0.05) is 12.1 Å². The molecule has 0 aromatic heterocycles. The molecule has 1 aromatic carbocycles. The van der Waals surface area contributed by atoms with Crippen LogP contribution in [0, 0.1) is 11.7 Å². The van der Waals surface area contributed by atoms with Crippen molar-refractivity contribution in [1.29, 1.82) is 0 Å². The van der Waals surface area contributed by atoms with Crippen LogP contribution in [0.5, 0.6) is 0 Å². The van der Waals surface area contributed by atoms with Crippen LogP contribution in [0.3, 0.4) is 0 Å². The van der Waals surface area contributed by atoms with Crippen molar-refractivity contribution >= 4 is 6.03 Å². The number of urea groups is 1. The fraction of sp³-hybridized carbons (Fsp3) is 0.500. The Bertz CT molecular complexity index is 414. The third kappa shape index (κ3) is 3.22. The number of benzene rings is 1. The lowest BCUT2D eigenvalue weighted by Gasteiger charge is -2.25. The van der Waals surface area contributed by atoms with Gasteiger partial charge in [0.1, 0.15) is 5.82 Å². The Kier molecular flexibility index (Phi) is 3.84. The molecule has 1 aliphatic carbocycles. The molecule has 1 N–H and O–H groups in total. The molecule has 0 aliphatic heterocycles. The maximum absolute atomic E-state index is 12.8. The zero-order chi connectivity index (χ0) is 13.1. The molecule has 1 aromatic rings. The van der Waals surface area contributed by atoms with E-state index < -0.39 is 0 Å². The summed E-state index contributed by atoms with van der Waals surface area (Å²) in [6, 6.07) is 6.13. The van der Waals surface area contributed by atoms with Gasteiger partial charge in [0.15, 0.2) is 0 Å². The average Bonchev–Trinajstić information content (AvgIpc) is 3.19. The number of carbonyl (C=O) groups is 1. The molecule has 0 unspecified atom stereocenters. The summed E-state index contributed by atoms with van der Waals surface area (Å²) in [6.07, 6.45) is 2.44. The predicted octanol–water partition coefficient (Wildman–Crippen LogP) is 2.94. The smallest absolute Gasteiger partial charge is 0.317 e. The molecule has 1 atom stereocenters. The lowest BCUT2D eigenvalue weighted by atomic mass is 10.1. The van der Waals surface area contributed by atoms with Crippen LogP contribution in [-0.2, 0) is 0 Å². The highest BCUT2D eigenvalue weighted by atomic mass is 19.1. The molecule has 2 rings (SSSR count). The van der Waals surface area contributed by atoms with E-state index in [2.05, 4.69) is 5.32 Å². The molecule has 4 heteroatoms. The Morgan fingerprint density at radius 3 is 2.61 bits per heavy atom. The number of rotatable bonds is 4. The first-order chi connectivity index (χ1) is 8.58. The molecule has 1 aliphatic rings. The van der Waals surface area contributed by atoms with Gasteiger partial charge in [0.25, 0.3) is 0 Å². The SMILES string of the molecule is C[C@@H](c1ccc(F)cc1)N(C)C(=O)NCC1CC1. The topological polar surface area (TPSA) is 32.3 Å². The fourth-order valence-corrected chi connectivity index (χ4v) is 1.82. The zero-order valence-electron chi connectivity index (χ0n) is 10.8. The molecule has 0 radical (unpaired) electrons. The Morgan fingerprint density at radius 2 is 2.06 bits per heavy atom. The summed E-state index contributed by atoms with van der Waals surface area (Å²) >= 11 is 0. The summed E-state index contributed by atoms with van der Waals surface area (Å²) < 4.78 is 12.8. The summed E-state index contributed by atoms with van der Waals surface area (Å²) in [5.74, 6) is 0.412. The molecular formula is C14H19FN2O. The van der Waals surface area contributed by atoms with Gasteiger partial charge < -0.3 is 10.2 Å². The quantitative estimate of drug-likeness (QED) is 0.875. The van der Waals surface area contributed by atoms with E-state index in [1.165, 1.54) is 25.0 Å². The second-order valence-electron chi connectivity index (χ2n) is 4.97. The largest absolute Gasteiger partial charge is 0.338 e. The van der Waals surface area contributed by atoms with Crippen molar-refractivity contribution in [2.45, 2.75) is 25.8 Å². The molecule has 0 bridgehead atoms. The van der Waals surface area contributed by atoms with Gasteiger partial charge in [-0.15, -0.1) is 0 Å². The van der Waals surface area contributed by atoms with Gasteiger partial charge in [0, 0.05) is 13.6 Å². The van der Waals surface area contributed by atoms with Gasteiger partial charge in [-0.05, 0) is 43.4 Å². The summed E-state index contributed by atoms with van der Waals surface area (Å²) in [7, 11) is 1.76. The maximum atomic E-state index is 12.8. The van der Waals surface area contributed by atoms with Crippen molar-refractivity contribution < 1.29 is 9.18 Å². The summed E-state index contributed by atoms with van der Waals surface area (Å²) in [5.41, 5.74) is 0.931. The number of nitrogens with zero attached hydrogens (tertiary/aromatic N) is 1. The van der Waals surface area contributed by atoms with Crippen LogP contribution >= 0.6 is 0 Å². The summed E-state index contributed by atoms with van der Waals surface area (Å²) in [5, 5.41) is 2.92. The van der Waals surface area contributed by atoms with Crippen molar-refractivity contribution in [1.82, 2.24) is 10.2 Å². The van der Waals surface area contributed by atoms with E-state index in [9.17, 15) is 9.18 Å². The van der Waals surface area contributed by atoms with Crippen molar-refractivity contribution in [3.05, 3.63) is 35.6 Å². The number of carbonyl (C=O) groups excluding carboxylic acids is 1. The van der Waals surface area contributed by atoms with E-state index in [1.807, 2.05) is 6.92 Å². The molecular weight excluding hydrogens is 231 g/mol. The molecule has 0 heterocycles. The van der Waals surface area contributed by atoms with Gasteiger partial charge in [-0.3, -0.25) is 0 Å². The Morgan fingerprint density at radius 1 is 1.44 bits per heavy atom. The van der Waals surface area contributed by atoms with Crippen LogP contribution in [0.15, 0.2) is 24.3 Å². The van der Waals surface area contributed by atoms with E-state index >= 15 is 0 Å². The standard InChI is InChI=1S/C14H19FN2O/c1-10(12-5-7-13(15)8-6-12)17(2)14(18)16-9-11-3-4-11/h5-8,10-11H,3-4,9H2,1-2H3,(H,16,18)/t10-/m0/s1. The minimum atomic E-state index is -0.258. The van der Waals surface area contributed by atoms with E-state index in [0.717, 1.165) is 12.1 Å². The fourth-order valence-electron chi connectivity index (χ4n) is 1.82. The second kappa shape index (κ2) is 5.38. The van der Waals surface area contributed by atoms with E-state index in [4.69, 9.17) is 0 Å². The molecule has 0 spiro atoms. The van der Waals surface area contributed by atoms with Crippen molar-refractivity contribution in [2.24, 2.45) is 5.92 Å². The van der Waals surface area contributed by atoms with Crippen LogP contribution in [-0.4, -0.2) is 24.5 Å². The van der Waals surface area contributed by atoms with Crippen LogP contribution in [0.1, 0.15) is 31.4 Å². The average molecular weight is 250 g/mol. The molecule has 18 heavy (non-hydrogen) atoms. The van der Waals surface area contributed by atoms with Crippen LogP contribution in [0.4, 0.5) is 9.18 Å². The monoisotopic (exact) mass is 250 g/mol. The van der Waals surface area contributed by atoms with E-state index in [0.29, 0.717) is 5.92 Å². The minimum Gasteiger partial charge on any atom is -0.338 e. The van der Waals surface area contributed by atoms with E-state index in [-0.39, 0.29) is 17.9 Å². The normalized spacial score (nSPS) is 16.2. The van der Waals surface area contributed by atoms with Gasteiger partial charge in [0.05, 0.1) is 6.04 Å². The Hall–Kier alpha value is -1.58.